The van der Waals surface area contributed by atoms with E-state index < -0.39 is 12.1 Å². The molecule has 0 aromatic rings. The number of primary amides is 1. The maximum absolute atomic E-state index is 12.0. The van der Waals surface area contributed by atoms with Gasteiger partial charge in [0.05, 0.1) is 0 Å². The minimum atomic E-state index is -0.682. The lowest BCUT2D eigenvalue weighted by molar-refractivity contribution is 0.229. The van der Waals surface area contributed by atoms with Crippen LogP contribution in [0.1, 0.15) is 26.7 Å². The summed E-state index contributed by atoms with van der Waals surface area (Å²) < 4.78 is 0. The summed E-state index contributed by atoms with van der Waals surface area (Å²) in [5, 5.41) is 22.8. The Morgan fingerprint density at radius 3 is 2.19 bits per heavy atom. The molecule has 1 unspecified atom stereocenters. The third-order valence-corrected chi connectivity index (χ3v) is 3.19. The number of rotatable bonds is 11. The molecule has 0 bridgehead atoms. The zero-order chi connectivity index (χ0) is 19.9. The zero-order valence-electron chi connectivity index (χ0n) is 15.3. The van der Waals surface area contributed by atoms with E-state index in [1.165, 1.54) is 0 Å². The Kier molecular flexibility index (Phi) is 11.9. The Labute approximate surface area is 153 Å². The van der Waals surface area contributed by atoms with Crippen molar-refractivity contribution in [3.05, 3.63) is 0 Å². The first-order valence-corrected chi connectivity index (χ1v) is 8.44. The van der Waals surface area contributed by atoms with Gasteiger partial charge < -0.3 is 43.4 Å². The van der Waals surface area contributed by atoms with Crippen LogP contribution in [0.3, 0.4) is 0 Å². The average Bonchev–Trinajstić information content (AvgIpc) is 2.54. The highest BCUT2D eigenvalue weighted by Crippen LogP contribution is 1.96. The lowest BCUT2D eigenvalue weighted by Gasteiger charge is -2.21. The zero-order valence-corrected chi connectivity index (χ0v) is 15.3. The Balaban J connectivity index is 4.26. The van der Waals surface area contributed by atoms with E-state index in [0.29, 0.717) is 25.9 Å². The van der Waals surface area contributed by atoms with Crippen LogP contribution < -0.4 is 43.4 Å². The van der Waals surface area contributed by atoms with Crippen molar-refractivity contribution < 1.29 is 14.4 Å². The van der Waals surface area contributed by atoms with E-state index in [-0.39, 0.29) is 37.2 Å². The Morgan fingerprint density at radius 1 is 0.962 bits per heavy atom. The lowest BCUT2D eigenvalue weighted by Crippen LogP contribution is -2.51. The molecule has 12 nitrogen and oxygen atoms in total. The number of nitrogens with two attached hydrogens (primary N) is 2. The Bertz CT molecular complexity index is 473. The molecule has 0 spiro atoms. The van der Waals surface area contributed by atoms with Gasteiger partial charge in [-0.2, -0.15) is 0 Å². The minimum Gasteiger partial charge on any atom is -0.370 e. The van der Waals surface area contributed by atoms with Crippen molar-refractivity contribution in [1.82, 2.24) is 31.9 Å². The number of nitrogens with one attached hydrogen (secondary N) is 7. The molecule has 0 radical (unpaired) electrons. The summed E-state index contributed by atoms with van der Waals surface area (Å²) in [5.74, 6) is -0.129. The van der Waals surface area contributed by atoms with E-state index in [9.17, 15) is 14.4 Å². The highest BCUT2D eigenvalue weighted by Gasteiger charge is 2.14. The van der Waals surface area contributed by atoms with Gasteiger partial charge in [0.25, 0.3) is 0 Å². The van der Waals surface area contributed by atoms with Crippen LogP contribution in [0, 0.1) is 5.41 Å². The number of amides is 6. The molecule has 26 heavy (non-hydrogen) atoms. The van der Waals surface area contributed by atoms with E-state index in [1.807, 2.05) is 6.92 Å². The number of carbonyl (C=O) groups is 3. The van der Waals surface area contributed by atoms with Crippen molar-refractivity contribution in [2.45, 2.75) is 38.8 Å². The molecule has 0 aliphatic carbocycles. The molecule has 0 aliphatic heterocycles. The normalized spacial score (nSPS) is 12.2. The first-order chi connectivity index (χ1) is 12.2. The van der Waals surface area contributed by atoms with Gasteiger partial charge in [0.15, 0.2) is 5.96 Å². The average molecular weight is 373 g/mol. The highest BCUT2D eigenvalue weighted by atomic mass is 16.2. The molecule has 12 heteroatoms. The SMILES string of the molecule is CCNC(=O)NC(C)CNC(=O)N[C@@H](CCCNC(=N)N)CNC(N)=O. The van der Waals surface area contributed by atoms with E-state index in [1.54, 1.807) is 6.92 Å². The summed E-state index contributed by atoms with van der Waals surface area (Å²) >= 11 is 0. The molecule has 0 fully saturated rings. The summed E-state index contributed by atoms with van der Waals surface area (Å²) in [7, 11) is 0. The van der Waals surface area contributed by atoms with Gasteiger partial charge in [-0.15, -0.1) is 0 Å². The van der Waals surface area contributed by atoms with Crippen LogP contribution in [0.25, 0.3) is 0 Å². The van der Waals surface area contributed by atoms with E-state index in [4.69, 9.17) is 16.9 Å². The van der Waals surface area contributed by atoms with Crippen LogP contribution in [0.4, 0.5) is 14.4 Å². The van der Waals surface area contributed by atoms with Crippen LogP contribution in [0.5, 0.6) is 0 Å². The molecule has 6 amide bonds. The summed E-state index contributed by atoms with van der Waals surface area (Å²) in [5.41, 5.74) is 10.2. The summed E-state index contributed by atoms with van der Waals surface area (Å²) in [6.07, 6.45) is 1.17. The third kappa shape index (κ3) is 13.5. The fourth-order valence-corrected chi connectivity index (χ4v) is 1.99. The third-order valence-electron chi connectivity index (χ3n) is 3.19. The van der Waals surface area contributed by atoms with E-state index in [2.05, 4.69) is 31.9 Å². The molecule has 0 aromatic heterocycles. The molecule has 11 N–H and O–H groups in total. The molecule has 2 atom stereocenters. The first kappa shape index (κ1) is 23.1. The Morgan fingerprint density at radius 2 is 1.62 bits per heavy atom. The van der Waals surface area contributed by atoms with Crippen molar-refractivity contribution in [3.8, 4) is 0 Å². The smallest absolute Gasteiger partial charge is 0.315 e. The second-order valence-corrected chi connectivity index (χ2v) is 5.68. The van der Waals surface area contributed by atoms with Crippen molar-refractivity contribution >= 4 is 24.1 Å². The topological polar surface area (TPSA) is 199 Å². The predicted molar refractivity (Wildman–Crippen MR) is 98.7 cm³/mol. The van der Waals surface area contributed by atoms with Crippen molar-refractivity contribution in [2.24, 2.45) is 11.5 Å². The second-order valence-electron chi connectivity index (χ2n) is 5.68. The van der Waals surface area contributed by atoms with Crippen LogP contribution >= 0.6 is 0 Å². The number of urea groups is 3. The molecule has 0 saturated carbocycles. The highest BCUT2D eigenvalue weighted by molar-refractivity contribution is 5.76. The fourth-order valence-electron chi connectivity index (χ4n) is 1.99. The van der Waals surface area contributed by atoms with Gasteiger partial charge in [0, 0.05) is 38.3 Å². The number of guanidine groups is 1. The largest absolute Gasteiger partial charge is 0.370 e. The molecule has 0 aromatic carbocycles. The number of hydrogen-bond acceptors (Lipinski definition) is 4. The summed E-state index contributed by atoms with van der Waals surface area (Å²) in [4.78, 5) is 34.2. The predicted octanol–water partition coefficient (Wildman–Crippen LogP) is -1.71. The molecule has 0 heterocycles. The first-order valence-electron chi connectivity index (χ1n) is 8.44. The number of hydrogen-bond donors (Lipinski definition) is 9. The summed E-state index contributed by atoms with van der Waals surface area (Å²) in [6, 6.07) is -2.01. The fraction of sp³-hybridized carbons (Fsp3) is 0.714. The molecular formula is C14H31N9O3. The van der Waals surface area contributed by atoms with Gasteiger partial charge in [-0.05, 0) is 26.7 Å². The van der Waals surface area contributed by atoms with Gasteiger partial charge in [-0.1, -0.05) is 0 Å². The van der Waals surface area contributed by atoms with E-state index >= 15 is 0 Å². The van der Waals surface area contributed by atoms with E-state index in [0.717, 1.165) is 0 Å². The molecule has 150 valence electrons. The van der Waals surface area contributed by atoms with Crippen molar-refractivity contribution in [3.63, 3.8) is 0 Å². The minimum absolute atomic E-state index is 0.129. The molecular weight excluding hydrogens is 342 g/mol. The van der Waals surface area contributed by atoms with Crippen LogP contribution in [0.2, 0.25) is 0 Å². The Hall–Kier alpha value is -2.92. The molecule has 0 aliphatic rings. The standard InChI is InChI=1S/C14H31N9O3/c1-3-18-13(25)22-9(2)7-21-14(26)23-10(8-20-12(17)24)5-4-6-19-11(15)16/h9-10H,3-8H2,1-2H3,(H4,15,16,19)(H3,17,20,24)(H2,18,22,25)(H2,21,23,26)/t9?,10-/m0/s1. The van der Waals surface area contributed by atoms with Crippen LogP contribution in [-0.4, -0.2) is 62.3 Å². The molecule has 0 saturated heterocycles. The van der Waals surface area contributed by atoms with Crippen LogP contribution in [-0.2, 0) is 0 Å². The number of carbonyl (C=O) groups excluding carboxylic acids is 3. The van der Waals surface area contributed by atoms with Crippen LogP contribution in [0.15, 0.2) is 0 Å². The van der Waals surface area contributed by atoms with Gasteiger partial charge in [-0.25, -0.2) is 14.4 Å². The van der Waals surface area contributed by atoms with Gasteiger partial charge in [-0.3, -0.25) is 5.41 Å². The quantitative estimate of drug-likeness (QED) is 0.118. The van der Waals surface area contributed by atoms with Gasteiger partial charge in [0.1, 0.15) is 0 Å². The summed E-state index contributed by atoms with van der Waals surface area (Å²) in [6.45, 7) is 4.97. The van der Waals surface area contributed by atoms with Crippen molar-refractivity contribution in [1.29, 1.82) is 5.41 Å². The maximum Gasteiger partial charge on any atom is 0.315 e. The molecule has 0 rings (SSSR count). The van der Waals surface area contributed by atoms with Gasteiger partial charge >= 0.3 is 18.1 Å². The monoisotopic (exact) mass is 373 g/mol. The van der Waals surface area contributed by atoms with Crippen molar-refractivity contribution in [2.75, 3.05) is 26.2 Å². The van der Waals surface area contributed by atoms with Gasteiger partial charge in [0.2, 0.25) is 0 Å². The second kappa shape index (κ2) is 13.4. The maximum atomic E-state index is 12.0. The lowest BCUT2D eigenvalue weighted by atomic mass is 10.1.